The summed E-state index contributed by atoms with van der Waals surface area (Å²) in [5.41, 5.74) is 6.05. The molecule has 1 aromatic rings. The fourth-order valence-electron chi connectivity index (χ4n) is 2.32. The fourth-order valence-corrected chi connectivity index (χ4v) is 3.77. The Bertz CT molecular complexity index is 409. The third kappa shape index (κ3) is 2.92. The van der Waals surface area contributed by atoms with E-state index in [4.69, 9.17) is 5.73 Å². The molecule has 0 aromatic heterocycles. The first kappa shape index (κ1) is 12.7. The van der Waals surface area contributed by atoms with Crippen LogP contribution in [0.2, 0.25) is 0 Å². The summed E-state index contributed by atoms with van der Waals surface area (Å²) in [6.07, 6.45) is 4.51. The lowest BCUT2D eigenvalue weighted by atomic mass is 9.91. The summed E-state index contributed by atoms with van der Waals surface area (Å²) >= 11 is 1.40. The molecule has 2 rings (SSSR count). The quantitative estimate of drug-likeness (QED) is 0.803. The Balaban J connectivity index is 2.15. The van der Waals surface area contributed by atoms with Gasteiger partial charge in [-0.2, -0.15) is 0 Å². The molecule has 1 saturated carbocycles. The zero-order valence-electron chi connectivity index (χ0n) is 9.88. The van der Waals surface area contributed by atoms with Gasteiger partial charge in [0.1, 0.15) is 0 Å². The van der Waals surface area contributed by atoms with E-state index in [2.05, 4.69) is 6.92 Å². The predicted octanol–water partition coefficient (Wildman–Crippen LogP) is 4.22. The van der Waals surface area contributed by atoms with Gasteiger partial charge >= 0.3 is 0 Å². The molecule has 0 amide bonds. The number of halogens is 2. The molecule has 1 nitrogen and oxygen atoms in total. The highest BCUT2D eigenvalue weighted by atomic mass is 32.2. The number of anilines is 1. The van der Waals surface area contributed by atoms with Crippen molar-refractivity contribution in [2.45, 2.75) is 42.8 Å². The lowest BCUT2D eigenvalue weighted by Crippen LogP contribution is -2.15. The number of nitrogens with two attached hydrogens (primary N) is 1. The monoisotopic (exact) mass is 257 g/mol. The molecule has 1 aromatic carbocycles. The van der Waals surface area contributed by atoms with E-state index in [1.807, 2.05) is 0 Å². The van der Waals surface area contributed by atoms with E-state index in [0.29, 0.717) is 16.9 Å². The third-order valence-electron chi connectivity index (χ3n) is 3.25. The van der Waals surface area contributed by atoms with E-state index in [1.165, 1.54) is 24.2 Å². The maximum absolute atomic E-state index is 13.6. The number of rotatable bonds is 2. The second-order valence-electron chi connectivity index (χ2n) is 4.79. The van der Waals surface area contributed by atoms with Crippen LogP contribution in [0.3, 0.4) is 0 Å². The van der Waals surface area contributed by atoms with Gasteiger partial charge in [-0.05, 0) is 30.9 Å². The Kier molecular flexibility index (Phi) is 3.92. The van der Waals surface area contributed by atoms with Gasteiger partial charge in [0.05, 0.1) is 4.90 Å². The molecular weight excluding hydrogens is 240 g/mol. The highest BCUT2D eigenvalue weighted by Crippen LogP contribution is 2.39. The van der Waals surface area contributed by atoms with Gasteiger partial charge in [-0.1, -0.05) is 19.8 Å². The summed E-state index contributed by atoms with van der Waals surface area (Å²) in [4.78, 5) is 0.282. The van der Waals surface area contributed by atoms with Crippen molar-refractivity contribution >= 4 is 17.4 Å². The van der Waals surface area contributed by atoms with Gasteiger partial charge in [0, 0.05) is 10.9 Å². The molecule has 1 fully saturated rings. The molecule has 0 aliphatic heterocycles. The van der Waals surface area contributed by atoms with Crippen molar-refractivity contribution in [1.82, 2.24) is 0 Å². The second-order valence-corrected chi connectivity index (χ2v) is 6.10. The minimum atomic E-state index is -0.814. The molecule has 2 atom stereocenters. The van der Waals surface area contributed by atoms with Crippen molar-refractivity contribution in [3.05, 3.63) is 23.8 Å². The molecule has 2 unspecified atom stereocenters. The Labute approximate surface area is 105 Å². The van der Waals surface area contributed by atoms with Crippen molar-refractivity contribution in [2.24, 2.45) is 5.92 Å². The van der Waals surface area contributed by atoms with Crippen LogP contribution in [0.1, 0.15) is 32.6 Å². The third-order valence-corrected chi connectivity index (χ3v) is 4.67. The highest BCUT2D eigenvalue weighted by Gasteiger charge is 2.23. The largest absolute Gasteiger partial charge is 0.398 e. The van der Waals surface area contributed by atoms with Crippen LogP contribution in [0.15, 0.2) is 17.0 Å². The minimum absolute atomic E-state index is 0.282. The first-order valence-corrected chi connectivity index (χ1v) is 6.86. The zero-order valence-corrected chi connectivity index (χ0v) is 10.7. The molecule has 0 spiro atoms. The maximum atomic E-state index is 13.6. The van der Waals surface area contributed by atoms with Crippen LogP contribution >= 0.6 is 11.8 Å². The van der Waals surface area contributed by atoms with Crippen LogP contribution < -0.4 is 5.73 Å². The van der Waals surface area contributed by atoms with Crippen LogP contribution in [-0.4, -0.2) is 5.25 Å². The van der Waals surface area contributed by atoms with Crippen LogP contribution in [0.5, 0.6) is 0 Å². The Morgan fingerprint density at radius 3 is 2.76 bits per heavy atom. The lowest BCUT2D eigenvalue weighted by molar-refractivity contribution is 0.393. The normalized spacial score (nSPS) is 24.9. The first-order chi connectivity index (χ1) is 8.08. The summed E-state index contributed by atoms with van der Waals surface area (Å²) in [7, 11) is 0. The Morgan fingerprint density at radius 2 is 2.06 bits per heavy atom. The molecule has 1 aliphatic carbocycles. The topological polar surface area (TPSA) is 26.0 Å². The molecule has 0 radical (unpaired) electrons. The van der Waals surface area contributed by atoms with Crippen LogP contribution in [0.4, 0.5) is 14.5 Å². The SMILES string of the molecule is CC1CCCC(Sc2c(N)ccc(F)c2F)C1. The fraction of sp³-hybridized carbons (Fsp3) is 0.538. The number of hydrogen-bond donors (Lipinski definition) is 1. The summed E-state index contributed by atoms with van der Waals surface area (Å²) in [5.74, 6) is -0.946. The summed E-state index contributed by atoms with van der Waals surface area (Å²) in [6, 6.07) is 2.52. The predicted molar refractivity (Wildman–Crippen MR) is 68.0 cm³/mol. The van der Waals surface area contributed by atoms with Crippen molar-refractivity contribution < 1.29 is 8.78 Å². The first-order valence-electron chi connectivity index (χ1n) is 5.98. The van der Waals surface area contributed by atoms with Gasteiger partial charge in [0.2, 0.25) is 0 Å². The Morgan fingerprint density at radius 1 is 1.29 bits per heavy atom. The van der Waals surface area contributed by atoms with Crippen molar-refractivity contribution in [3.8, 4) is 0 Å². The molecule has 0 heterocycles. The Hall–Kier alpha value is -0.770. The maximum Gasteiger partial charge on any atom is 0.174 e. The second kappa shape index (κ2) is 5.25. The standard InChI is InChI=1S/C13H17F2NS/c1-8-3-2-4-9(7-8)17-13-11(16)6-5-10(14)12(13)15/h5-6,8-9H,2-4,7,16H2,1H3. The highest BCUT2D eigenvalue weighted by molar-refractivity contribution is 8.00. The molecule has 2 N–H and O–H groups in total. The van der Waals surface area contributed by atoms with Crippen LogP contribution in [0, 0.1) is 17.6 Å². The smallest absolute Gasteiger partial charge is 0.174 e. The van der Waals surface area contributed by atoms with E-state index in [1.54, 1.807) is 0 Å². The van der Waals surface area contributed by atoms with E-state index < -0.39 is 11.6 Å². The van der Waals surface area contributed by atoms with Crippen molar-refractivity contribution in [1.29, 1.82) is 0 Å². The van der Waals surface area contributed by atoms with Crippen LogP contribution in [-0.2, 0) is 0 Å². The molecule has 1 aliphatic rings. The van der Waals surface area contributed by atoms with Crippen molar-refractivity contribution in [3.63, 3.8) is 0 Å². The van der Waals surface area contributed by atoms with E-state index >= 15 is 0 Å². The van der Waals surface area contributed by atoms with Gasteiger partial charge in [-0.3, -0.25) is 0 Å². The minimum Gasteiger partial charge on any atom is -0.398 e. The number of hydrogen-bond acceptors (Lipinski definition) is 2. The number of nitrogen functional groups attached to an aromatic ring is 1. The molecule has 4 heteroatoms. The average molecular weight is 257 g/mol. The van der Waals surface area contributed by atoms with Gasteiger partial charge in [-0.25, -0.2) is 8.78 Å². The number of benzene rings is 1. The van der Waals surface area contributed by atoms with Crippen molar-refractivity contribution in [2.75, 3.05) is 5.73 Å². The zero-order chi connectivity index (χ0) is 12.4. The van der Waals surface area contributed by atoms with Crippen LogP contribution in [0.25, 0.3) is 0 Å². The molecule has 0 saturated heterocycles. The van der Waals surface area contributed by atoms with Gasteiger partial charge in [0.25, 0.3) is 0 Å². The summed E-state index contributed by atoms with van der Waals surface area (Å²) in [6.45, 7) is 2.21. The lowest BCUT2D eigenvalue weighted by Gasteiger charge is -2.26. The molecular formula is C13H17F2NS. The number of thioether (sulfide) groups is 1. The molecule has 0 bridgehead atoms. The van der Waals surface area contributed by atoms with E-state index in [9.17, 15) is 8.78 Å². The van der Waals surface area contributed by atoms with Gasteiger partial charge in [-0.15, -0.1) is 11.8 Å². The van der Waals surface area contributed by atoms with E-state index in [0.717, 1.165) is 25.3 Å². The summed E-state index contributed by atoms with van der Waals surface area (Å²) < 4.78 is 26.8. The molecule has 94 valence electrons. The average Bonchev–Trinajstić information content (AvgIpc) is 2.30. The summed E-state index contributed by atoms with van der Waals surface area (Å²) in [5, 5.41) is 0.359. The van der Waals surface area contributed by atoms with Gasteiger partial charge in [0.15, 0.2) is 11.6 Å². The van der Waals surface area contributed by atoms with E-state index in [-0.39, 0.29) is 4.90 Å². The van der Waals surface area contributed by atoms with Gasteiger partial charge < -0.3 is 5.73 Å². The molecule has 17 heavy (non-hydrogen) atoms.